The van der Waals surface area contributed by atoms with Gasteiger partial charge in [0.05, 0.1) is 6.10 Å². The van der Waals surface area contributed by atoms with Crippen LogP contribution < -0.4 is 5.32 Å². The SMILES string of the molecule is OC1CCCC(NC2CC(c3ccccc3)C2)C1. The minimum atomic E-state index is -0.0683. The lowest BCUT2D eigenvalue weighted by atomic mass is 9.75. The highest BCUT2D eigenvalue weighted by atomic mass is 16.3. The van der Waals surface area contributed by atoms with Crippen LogP contribution in [0, 0.1) is 0 Å². The van der Waals surface area contributed by atoms with Crippen LogP contribution in [0.1, 0.15) is 50.0 Å². The first kappa shape index (κ1) is 12.2. The summed E-state index contributed by atoms with van der Waals surface area (Å²) in [6.45, 7) is 0. The zero-order valence-electron chi connectivity index (χ0n) is 10.9. The van der Waals surface area contributed by atoms with Gasteiger partial charge in [-0.2, -0.15) is 0 Å². The van der Waals surface area contributed by atoms with Crippen LogP contribution in [0.15, 0.2) is 30.3 Å². The summed E-state index contributed by atoms with van der Waals surface area (Å²) >= 11 is 0. The maximum atomic E-state index is 9.67. The molecule has 98 valence electrons. The molecule has 2 nitrogen and oxygen atoms in total. The van der Waals surface area contributed by atoms with Crippen LogP contribution in [-0.4, -0.2) is 23.3 Å². The molecule has 0 heterocycles. The van der Waals surface area contributed by atoms with Gasteiger partial charge in [-0.15, -0.1) is 0 Å². The van der Waals surface area contributed by atoms with Crippen molar-refractivity contribution in [1.82, 2.24) is 5.32 Å². The Morgan fingerprint density at radius 3 is 2.44 bits per heavy atom. The van der Waals surface area contributed by atoms with Gasteiger partial charge in [0.25, 0.3) is 0 Å². The van der Waals surface area contributed by atoms with E-state index in [-0.39, 0.29) is 6.10 Å². The van der Waals surface area contributed by atoms with E-state index < -0.39 is 0 Å². The van der Waals surface area contributed by atoms with Crippen LogP contribution in [0.2, 0.25) is 0 Å². The second kappa shape index (κ2) is 5.41. The van der Waals surface area contributed by atoms with Gasteiger partial charge in [-0.25, -0.2) is 0 Å². The molecule has 0 aliphatic heterocycles. The van der Waals surface area contributed by atoms with Gasteiger partial charge in [-0.3, -0.25) is 0 Å². The van der Waals surface area contributed by atoms with E-state index in [9.17, 15) is 5.11 Å². The molecule has 2 aliphatic carbocycles. The Morgan fingerprint density at radius 2 is 1.72 bits per heavy atom. The molecule has 0 radical (unpaired) electrons. The minimum absolute atomic E-state index is 0.0683. The summed E-state index contributed by atoms with van der Waals surface area (Å²) < 4.78 is 0. The molecule has 2 N–H and O–H groups in total. The van der Waals surface area contributed by atoms with E-state index in [4.69, 9.17) is 0 Å². The monoisotopic (exact) mass is 245 g/mol. The summed E-state index contributed by atoms with van der Waals surface area (Å²) in [6, 6.07) is 12.1. The Hall–Kier alpha value is -0.860. The summed E-state index contributed by atoms with van der Waals surface area (Å²) in [4.78, 5) is 0. The molecule has 2 heteroatoms. The highest BCUT2D eigenvalue weighted by Crippen LogP contribution is 2.37. The van der Waals surface area contributed by atoms with Crippen molar-refractivity contribution in [3.63, 3.8) is 0 Å². The third kappa shape index (κ3) is 2.76. The minimum Gasteiger partial charge on any atom is -0.393 e. The Kier molecular flexibility index (Phi) is 3.67. The summed E-state index contributed by atoms with van der Waals surface area (Å²) in [7, 11) is 0. The highest BCUT2D eigenvalue weighted by molar-refractivity contribution is 5.22. The first-order valence-electron chi connectivity index (χ1n) is 7.30. The third-order valence-corrected chi connectivity index (χ3v) is 4.53. The predicted molar refractivity (Wildman–Crippen MR) is 73.6 cm³/mol. The van der Waals surface area contributed by atoms with Crippen molar-refractivity contribution in [1.29, 1.82) is 0 Å². The van der Waals surface area contributed by atoms with Gasteiger partial charge >= 0.3 is 0 Å². The van der Waals surface area contributed by atoms with Crippen molar-refractivity contribution < 1.29 is 5.11 Å². The number of aliphatic hydroxyl groups is 1. The zero-order chi connectivity index (χ0) is 12.4. The Labute approximate surface area is 109 Å². The van der Waals surface area contributed by atoms with Crippen LogP contribution in [-0.2, 0) is 0 Å². The molecule has 3 rings (SSSR count). The van der Waals surface area contributed by atoms with E-state index >= 15 is 0 Å². The second-order valence-electron chi connectivity index (χ2n) is 5.96. The molecule has 0 amide bonds. The van der Waals surface area contributed by atoms with Crippen molar-refractivity contribution >= 4 is 0 Å². The fourth-order valence-corrected chi connectivity index (χ4v) is 3.40. The molecule has 2 saturated carbocycles. The van der Waals surface area contributed by atoms with Crippen LogP contribution in [0.4, 0.5) is 0 Å². The fraction of sp³-hybridized carbons (Fsp3) is 0.625. The van der Waals surface area contributed by atoms with E-state index in [1.165, 1.54) is 31.2 Å². The molecule has 18 heavy (non-hydrogen) atoms. The van der Waals surface area contributed by atoms with Crippen molar-refractivity contribution in [2.24, 2.45) is 0 Å². The van der Waals surface area contributed by atoms with Gasteiger partial charge in [0.15, 0.2) is 0 Å². The molecule has 0 bridgehead atoms. The number of nitrogens with one attached hydrogen (secondary N) is 1. The number of hydrogen-bond acceptors (Lipinski definition) is 2. The molecule has 0 spiro atoms. The molecule has 2 atom stereocenters. The smallest absolute Gasteiger partial charge is 0.0555 e. The topological polar surface area (TPSA) is 32.3 Å². The number of rotatable bonds is 3. The lowest BCUT2D eigenvalue weighted by molar-refractivity contribution is 0.102. The standard InChI is InChI=1S/C16H23NO/c18-16-8-4-7-14(11-16)17-15-9-13(10-15)12-5-2-1-3-6-12/h1-3,5-6,13-18H,4,7-11H2. The summed E-state index contributed by atoms with van der Waals surface area (Å²) in [5.41, 5.74) is 1.49. The molecule has 0 saturated heterocycles. The van der Waals surface area contributed by atoms with E-state index in [1.807, 2.05) is 0 Å². The predicted octanol–water partition coefficient (Wildman–Crippen LogP) is 2.83. The van der Waals surface area contributed by atoms with Crippen LogP contribution in [0.3, 0.4) is 0 Å². The largest absolute Gasteiger partial charge is 0.393 e. The molecule has 0 aromatic heterocycles. The highest BCUT2D eigenvalue weighted by Gasteiger charge is 2.32. The Morgan fingerprint density at radius 1 is 0.944 bits per heavy atom. The Bertz CT molecular complexity index is 372. The molecule has 2 fully saturated rings. The average molecular weight is 245 g/mol. The normalized spacial score (nSPS) is 36.1. The lowest BCUT2D eigenvalue weighted by Crippen LogP contribution is -2.47. The molecule has 1 aromatic rings. The van der Waals surface area contributed by atoms with Crippen LogP contribution in [0.5, 0.6) is 0 Å². The first-order chi connectivity index (χ1) is 8.81. The maximum absolute atomic E-state index is 9.67. The van der Waals surface area contributed by atoms with E-state index in [1.54, 1.807) is 0 Å². The first-order valence-corrected chi connectivity index (χ1v) is 7.30. The van der Waals surface area contributed by atoms with Gasteiger partial charge in [-0.1, -0.05) is 30.3 Å². The Balaban J connectivity index is 1.45. The van der Waals surface area contributed by atoms with Gasteiger partial charge in [0.2, 0.25) is 0 Å². The second-order valence-corrected chi connectivity index (χ2v) is 5.96. The summed E-state index contributed by atoms with van der Waals surface area (Å²) in [6.07, 6.45) is 6.81. The molecule has 2 unspecified atom stereocenters. The number of hydrogen-bond donors (Lipinski definition) is 2. The van der Waals surface area contributed by atoms with E-state index in [2.05, 4.69) is 35.6 Å². The lowest BCUT2D eigenvalue weighted by Gasteiger charge is -2.40. The quantitative estimate of drug-likeness (QED) is 0.858. The van der Waals surface area contributed by atoms with Gasteiger partial charge in [0.1, 0.15) is 0 Å². The number of aliphatic hydroxyl groups excluding tert-OH is 1. The van der Waals surface area contributed by atoms with Gasteiger partial charge < -0.3 is 10.4 Å². The van der Waals surface area contributed by atoms with Gasteiger partial charge in [-0.05, 0) is 50.0 Å². The molecular weight excluding hydrogens is 222 g/mol. The van der Waals surface area contributed by atoms with Crippen molar-refractivity contribution in [3.8, 4) is 0 Å². The van der Waals surface area contributed by atoms with Crippen molar-refractivity contribution in [2.75, 3.05) is 0 Å². The third-order valence-electron chi connectivity index (χ3n) is 4.53. The zero-order valence-corrected chi connectivity index (χ0v) is 10.9. The van der Waals surface area contributed by atoms with Crippen molar-refractivity contribution in [3.05, 3.63) is 35.9 Å². The van der Waals surface area contributed by atoms with Gasteiger partial charge in [0, 0.05) is 12.1 Å². The van der Waals surface area contributed by atoms with Crippen LogP contribution >= 0.6 is 0 Å². The van der Waals surface area contributed by atoms with E-state index in [0.717, 1.165) is 18.8 Å². The number of benzene rings is 1. The summed E-state index contributed by atoms with van der Waals surface area (Å²) in [5.74, 6) is 0.747. The van der Waals surface area contributed by atoms with Crippen molar-refractivity contribution in [2.45, 2.75) is 62.6 Å². The summed E-state index contributed by atoms with van der Waals surface area (Å²) in [5, 5.41) is 13.4. The van der Waals surface area contributed by atoms with Crippen LogP contribution in [0.25, 0.3) is 0 Å². The molecule has 1 aromatic carbocycles. The maximum Gasteiger partial charge on any atom is 0.0555 e. The van der Waals surface area contributed by atoms with E-state index in [0.29, 0.717) is 12.1 Å². The fourth-order valence-electron chi connectivity index (χ4n) is 3.40. The molecular formula is C16H23NO. The average Bonchev–Trinajstić information content (AvgIpc) is 2.34. The molecule has 2 aliphatic rings.